The van der Waals surface area contributed by atoms with Crippen LogP contribution in [-0.4, -0.2) is 61.7 Å². The van der Waals surface area contributed by atoms with E-state index in [1.165, 1.54) is 36.4 Å². The van der Waals surface area contributed by atoms with Crippen molar-refractivity contribution in [2.75, 3.05) is 13.1 Å². The van der Waals surface area contributed by atoms with Crippen LogP contribution in [0.2, 0.25) is 0 Å². The van der Waals surface area contributed by atoms with E-state index in [1.54, 1.807) is 6.92 Å². The number of alkyl halides is 5. The number of hydrogen-bond donors (Lipinski definition) is 1. The quantitative estimate of drug-likeness (QED) is 0.263. The van der Waals surface area contributed by atoms with E-state index in [2.05, 4.69) is 27.0 Å². The molecule has 1 saturated heterocycles. The minimum absolute atomic E-state index is 0.0466. The molecule has 0 bridgehead atoms. The largest absolute Gasteiger partial charge is 0.433 e. The third-order valence-corrected chi connectivity index (χ3v) is 8.11. The summed E-state index contributed by atoms with van der Waals surface area (Å²) in [6.45, 7) is 4.34. The van der Waals surface area contributed by atoms with Crippen molar-refractivity contribution >= 4 is 29.0 Å². The summed E-state index contributed by atoms with van der Waals surface area (Å²) in [5.74, 6) is -1.20. The first-order chi connectivity index (χ1) is 18.3. The van der Waals surface area contributed by atoms with E-state index in [-0.39, 0.29) is 36.5 Å². The minimum Gasteiger partial charge on any atom is -0.349 e. The van der Waals surface area contributed by atoms with Gasteiger partial charge in [0.15, 0.2) is 5.54 Å². The molecule has 1 N–H and O–H groups in total. The number of rotatable bonds is 10. The number of halogens is 5. The molecule has 1 unspecified atom stereocenters. The number of carbonyl (C=O) groups is 1. The summed E-state index contributed by atoms with van der Waals surface area (Å²) in [5.41, 5.74) is -2.40. The molecular weight excluding hydrogens is 545 g/mol. The van der Waals surface area contributed by atoms with E-state index in [0.717, 1.165) is 24.2 Å². The predicted molar refractivity (Wildman–Crippen MR) is 135 cm³/mol. The van der Waals surface area contributed by atoms with Gasteiger partial charge < -0.3 is 5.32 Å². The second-order valence-electron chi connectivity index (χ2n) is 8.78. The van der Waals surface area contributed by atoms with Gasteiger partial charge in [0.25, 0.3) is 6.43 Å². The Morgan fingerprint density at radius 2 is 1.92 bits per heavy atom. The van der Waals surface area contributed by atoms with Gasteiger partial charge in [-0.2, -0.15) is 17.5 Å². The average Bonchev–Trinajstić information content (AvgIpc) is 3.36. The van der Waals surface area contributed by atoms with Crippen LogP contribution < -0.4 is 5.32 Å². The first-order valence-electron chi connectivity index (χ1n) is 11.7. The van der Waals surface area contributed by atoms with Crippen molar-refractivity contribution in [1.82, 2.24) is 14.6 Å². The summed E-state index contributed by atoms with van der Waals surface area (Å²) >= 11 is 0. The first kappa shape index (κ1) is 30.0. The van der Waals surface area contributed by atoms with Gasteiger partial charge in [0.1, 0.15) is 12.0 Å². The molecule has 2 heterocycles. The summed E-state index contributed by atoms with van der Waals surface area (Å²) < 4.78 is 94.3. The molecule has 1 aliphatic heterocycles. The van der Waals surface area contributed by atoms with Gasteiger partial charge in [0.2, 0.25) is 15.9 Å². The van der Waals surface area contributed by atoms with E-state index in [9.17, 15) is 35.2 Å². The molecule has 0 aliphatic carbocycles. The molecule has 3 rings (SSSR count). The summed E-state index contributed by atoms with van der Waals surface area (Å²) in [4.78, 5) is 23.8. The van der Waals surface area contributed by atoms with Crippen LogP contribution in [0.4, 0.5) is 22.0 Å². The number of aromatic nitrogens is 1. The lowest BCUT2D eigenvalue weighted by molar-refractivity contribution is -0.141. The number of allylic oxidation sites excluding steroid dienone is 1. The predicted octanol–water partition coefficient (Wildman–Crippen LogP) is 4.17. The second kappa shape index (κ2) is 12.1. The van der Waals surface area contributed by atoms with Gasteiger partial charge in [-0.3, -0.25) is 14.8 Å². The van der Waals surface area contributed by atoms with Crippen molar-refractivity contribution in [2.45, 2.75) is 49.2 Å². The zero-order valence-electron chi connectivity index (χ0n) is 20.8. The Hall–Kier alpha value is -3.52. The molecule has 8 nitrogen and oxygen atoms in total. The van der Waals surface area contributed by atoms with Gasteiger partial charge in [-0.15, -0.1) is 0 Å². The average molecular weight is 572 g/mol. The van der Waals surface area contributed by atoms with Crippen LogP contribution in [-0.2, 0) is 27.4 Å². The number of nitrogens with zero attached hydrogens (tertiary/aromatic N) is 4. The normalized spacial score (nSPS) is 19.1. The van der Waals surface area contributed by atoms with E-state index < -0.39 is 46.2 Å². The molecule has 39 heavy (non-hydrogen) atoms. The fourth-order valence-corrected chi connectivity index (χ4v) is 5.88. The Morgan fingerprint density at radius 1 is 1.23 bits per heavy atom. The molecule has 0 spiro atoms. The smallest absolute Gasteiger partial charge is 0.349 e. The number of pyridine rings is 1. The first-order valence-corrected chi connectivity index (χ1v) is 13.1. The van der Waals surface area contributed by atoms with Gasteiger partial charge in [-0.25, -0.2) is 22.2 Å². The van der Waals surface area contributed by atoms with Crippen molar-refractivity contribution in [3.8, 4) is 0 Å². The van der Waals surface area contributed by atoms with Gasteiger partial charge in [0.05, 0.1) is 17.1 Å². The topological polar surface area (TPSA) is 104 Å². The van der Waals surface area contributed by atoms with E-state index in [1.807, 2.05) is 0 Å². The number of carbonyl (C=O) groups excluding carboxylic acids is 1. The lowest BCUT2D eigenvalue weighted by Crippen LogP contribution is -2.61. The molecular formula is C25H26F5N5O3S. The van der Waals surface area contributed by atoms with Crippen molar-refractivity contribution < 1.29 is 35.2 Å². The molecule has 1 aromatic carbocycles. The Labute approximate surface area is 222 Å². The summed E-state index contributed by atoms with van der Waals surface area (Å²) in [6.07, 6.45) is -4.70. The van der Waals surface area contributed by atoms with Crippen LogP contribution in [0.3, 0.4) is 0 Å². The number of benzene rings is 1. The van der Waals surface area contributed by atoms with E-state index in [4.69, 9.17) is 0 Å². The molecule has 2 aromatic rings. The number of aliphatic imine (C=N–C) groups is 2. The summed E-state index contributed by atoms with van der Waals surface area (Å²) in [5, 5.41) is 2.35. The van der Waals surface area contributed by atoms with Gasteiger partial charge in [0, 0.05) is 12.7 Å². The van der Waals surface area contributed by atoms with Crippen LogP contribution in [0.1, 0.15) is 29.7 Å². The van der Waals surface area contributed by atoms with Gasteiger partial charge in [-0.1, -0.05) is 29.8 Å². The maximum Gasteiger partial charge on any atom is 0.433 e. The summed E-state index contributed by atoms with van der Waals surface area (Å²) in [6, 6.07) is 7.69. The van der Waals surface area contributed by atoms with Crippen molar-refractivity contribution in [3.63, 3.8) is 0 Å². The summed E-state index contributed by atoms with van der Waals surface area (Å²) in [7, 11) is -4.43. The van der Waals surface area contributed by atoms with Gasteiger partial charge in [-0.05, 0) is 56.7 Å². The third kappa shape index (κ3) is 6.74. The second-order valence-corrected chi connectivity index (χ2v) is 10.6. The molecule has 0 radical (unpaired) electrons. The maximum absolute atomic E-state index is 14.5. The number of aryl methyl sites for hydroxylation is 1. The highest BCUT2D eigenvalue weighted by atomic mass is 32.2. The maximum atomic E-state index is 14.5. The lowest BCUT2D eigenvalue weighted by atomic mass is 9.97. The van der Waals surface area contributed by atoms with Gasteiger partial charge >= 0.3 is 6.18 Å². The number of amides is 1. The SMILES string of the molecule is C=NC=NC(=CCc1ccc(C(F)(F)F)nc1)CNC(=O)C1(C(F)F)CCCN1S(=O)(=O)c1ccc(C)cc1. The molecule has 14 heteroatoms. The fourth-order valence-electron chi connectivity index (χ4n) is 4.09. The Kier molecular flexibility index (Phi) is 9.33. The zero-order chi connectivity index (χ0) is 28.8. The van der Waals surface area contributed by atoms with Crippen LogP contribution in [0.25, 0.3) is 0 Å². The highest BCUT2D eigenvalue weighted by molar-refractivity contribution is 7.89. The van der Waals surface area contributed by atoms with Crippen molar-refractivity contribution in [2.24, 2.45) is 9.98 Å². The molecule has 1 fully saturated rings. The molecule has 0 saturated carbocycles. The van der Waals surface area contributed by atoms with Crippen LogP contribution in [0, 0.1) is 6.92 Å². The lowest BCUT2D eigenvalue weighted by Gasteiger charge is -2.35. The Morgan fingerprint density at radius 3 is 2.49 bits per heavy atom. The highest BCUT2D eigenvalue weighted by Gasteiger charge is 2.59. The molecule has 1 amide bonds. The molecule has 1 aromatic heterocycles. The van der Waals surface area contributed by atoms with Crippen molar-refractivity contribution in [3.05, 3.63) is 71.2 Å². The highest BCUT2D eigenvalue weighted by Crippen LogP contribution is 2.39. The molecule has 1 aliphatic rings. The standard InChI is InChI=1S/C25H26F5N5O3S/c1-17-4-9-20(10-5-17)39(37,38)35-13-3-12-24(35,22(26)27)23(36)33-15-19(34-16-31-2)8-6-18-7-11-21(32-14-18)25(28,29)30/h4-5,7-11,14,16,22H,2-3,6,12-13,15H2,1H3,(H,33,36). The molecule has 1 atom stereocenters. The Bertz CT molecular complexity index is 1340. The Balaban J connectivity index is 1.82. The van der Waals surface area contributed by atoms with E-state index in [0.29, 0.717) is 9.87 Å². The van der Waals surface area contributed by atoms with Crippen LogP contribution in [0.15, 0.2) is 69.2 Å². The zero-order valence-corrected chi connectivity index (χ0v) is 21.6. The third-order valence-electron chi connectivity index (χ3n) is 6.15. The van der Waals surface area contributed by atoms with E-state index >= 15 is 0 Å². The molecule has 210 valence electrons. The van der Waals surface area contributed by atoms with Crippen LogP contribution >= 0.6 is 0 Å². The monoisotopic (exact) mass is 571 g/mol. The van der Waals surface area contributed by atoms with Crippen LogP contribution in [0.5, 0.6) is 0 Å². The number of hydrogen-bond acceptors (Lipinski definition) is 5. The number of nitrogens with one attached hydrogen (secondary N) is 1. The minimum atomic E-state index is -4.59. The number of sulfonamides is 1. The fraction of sp³-hybridized carbons (Fsp3) is 0.360. The van der Waals surface area contributed by atoms with Crippen molar-refractivity contribution in [1.29, 1.82) is 0 Å².